The van der Waals surface area contributed by atoms with Gasteiger partial charge in [0.1, 0.15) is 5.75 Å². The van der Waals surface area contributed by atoms with Gasteiger partial charge in [0.15, 0.2) is 0 Å². The van der Waals surface area contributed by atoms with Gasteiger partial charge in [0, 0.05) is 0 Å². The van der Waals surface area contributed by atoms with Crippen LogP contribution in [0.4, 0.5) is 39.5 Å². The number of benzene rings is 1. The third-order valence-electron chi connectivity index (χ3n) is 2.25. The molecule has 0 heterocycles. The van der Waals surface area contributed by atoms with Gasteiger partial charge in [0.2, 0.25) is 0 Å². The van der Waals surface area contributed by atoms with Crippen molar-refractivity contribution in [3.8, 4) is 5.75 Å². The third-order valence-corrected chi connectivity index (χ3v) is 2.25. The molecule has 0 bridgehead atoms. The molecular weight excluding hydrogens is 377 g/mol. The molecule has 0 aromatic heterocycles. The van der Waals surface area contributed by atoms with E-state index in [4.69, 9.17) is 10.0 Å². The van der Waals surface area contributed by atoms with E-state index in [-0.39, 0.29) is 51.4 Å². The predicted molar refractivity (Wildman–Crippen MR) is 59.4 cm³/mol. The van der Waals surface area contributed by atoms with Gasteiger partial charge in [-0.15, -0.1) is 0 Å². The fraction of sp³-hybridized carbons (Fsp3) is 0.333. The Morgan fingerprint density at radius 2 is 1.09 bits per heavy atom. The summed E-state index contributed by atoms with van der Waals surface area (Å²) in [5.74, 6) is -2.16. The molecule has 1 rings (SSSR count). The van der Waals surface area contributed by atoms with E-state index in [1.165, 1.54) is 0 Å². The molecule has 0 saturated carbocycles. The standard InChI is InChI=1S/C9H4BF9O3.K.H/c11-7(12,13)3-1-4(8(14,15)16)6(22-10(20)21)5(2-3)9(17,18)19;;/h1-2,20-21H;;. The molecule has 2 N–H and O–H groups in total. The van der Waals surface area contributed by atoms with Gasteiger partial charge in [0.05, 0.1) is 16.7 Å². The van der Waals surface area contributed by atoms with E-state index >= 15 is 0 Å². The van der Waals surface area contributed by atoms with Crippen LogP contribution >= 0.6 is 0 Å². The number of rotatable bonds is 2. The predicted octanol–water partition coefficient (Wildman–Crippen LogP) is 2.44. The monoisotopic (exact) mass is 382 g/mol. The molecule has 0 saturated heterocycles. The molecule has 0 spiro atoms. The summed E-state index contributed by atoms with van der Waals surface area (Å²) in [5.41, 5.74) is -7.10. The van der Waals surface area contributed by atoms with Crippen molar-refractivity contribution in [2.45, 2.75) is 18.5 Å². The summed E-state index contributed by atoms with van der Waals surface area (Å²) in [6.45, 7) is 0. The zero-order valence-electron chi connectivity index (χ0n) is 9.94. The second kappa shape index (κ2) is 7.49. The van der Waals surface area contributed by atoms with Crippen molar-refractivity contribution < 1.29 is 54.2 Å². The summed E-state index contributed by atoms with van der Waals surface area (Å²) in [6.07, 6.45) is -16.8. The Morgan fingerprint density at radius 1 is 0.739 bits per heavy atom. The fourth-order valence-electron chi connectivity index (χ4n) is 1.45. The SMILES string of the molecule is OB(O)Oc1c(C(F)(F)F)cc(C(F)(F)F)cc1C(F)(F)F.[KH]. The van der Waals surface area contributed by atoms with Crippen LogP contribution in [0.5, 0.6) is 5.75 Å². The van der Waals surface area contributed by atoms with E-state index in [9.17, 15) is 39.5 Å². The van der Waals surface area contributed by atoms with Crippen molar-refractivity contribution in [1.82, 2.24) is 0 Å². The molecule has 23 heavy (non-hydrogen) atoms. The van der Waals surface area contributed by atoms with Crippen LogP contribution < -0.4 is 4.65 Å². The molecule has 3 nitrogen and oxygen atoms in total. The van der Waals surface area contributed by atoms with Gasteiger partial charge in [-0.2, -0.15) is 39.5 Å². The van der Waals surface area contributed by atoms with Crippen LogP contribution in [0.1, 0.15) is 16.7 Å². The summed E-state index contributed by atoms with van der Waals surface area (Å²) in [4.78, 5) is 0. The molecule has 0 fully saturated rings. The average Bonchev–Trinajstić information content (AvgIpc) is 2.23. The second-order valence-electron chi connectivity index (χ2n) is 3.84. The summed E-state index contributed by atoms with van der Waals surface area (Å²) >= 11 is 0. The van der Waals surface area contributed by atoms with Crippen molar-refractivity contribution >= 4 is 58.7 Å². The zero-order chi connectivity index (χ0) is 17.5. The van der Waals surface area contributed by atoms with Gasteiger partial charge >= 0.3 is 77.2 Å². The number of alkyl halides is 9. The first-order valence-electron chi connectivity index (χ1n) is 5.06. The first kappa shape index (κ1) is 23.0. The van der Waals surface area contributed by atoms with Crippen LogP contribution in [0.2, 0.25) is 0 Å². The summed E-state index contributed by atoms with van der Waals surface area (Å²) in [6, 6.07) is -1.24. The van der Waals surface area contributed by atoms with E-state index in [1.54, 1.807) is 0 Å². The molecular formula is C9H5BF9KO3. The molecule has 14 heteroatoms. The minimum atomic E-state index is -5.66. The van der Waals surface area contributed by atoms with Crippen molar-refractivity contribution in [2.75, 3.05) is 0 Å². The molecule has 1 aromatic carbocycles. The van der Waals surface area contributed by atoms with Crippen LogP contribution in [0.15, 0.2) is 12.1 Å². The van der Waals surface area contributed by atoms with Crippen LogP contribution in [0, 0.1) is 0 Å². The Hall–Kier alpha value is 0.0113. The number of hydrogen-bond donors (Lipinski definition) is 2. The Kier molecular flexibility index (Phi) is 7.50. The Labute approximate surface area is 165 Å². The van der Waals surface area contributed by atoms with Gasteiger partial charge in [-0.1, -0.05) is 0 Å². The van der Waals surface area contributed by atoms with Gasteiger partial charge in [0.25, 0.3) is 0 Å². The molecule has 0 aliphatic rings. The van der Waals surface area contributed by atoms with E-state index in [2.05, 4.69) is 4.65 Å². The van der Waals surface area contributed by atoms with Crippen molar-refractivity contribution in [3.05, 3.63) is 28.8 Å². The maximum absolute atomic E-state index is 12.7. The quantitative estimate of drug-likeness (QED) is 0.611. The summed E-state index contributed by atoms with van der Waals surface area (Å²) in [5, 5.41) is 16.8. The van der Waals surface area contributed by atoms with Gasteiger partial charge in [-0.25, -0.2) is 0 Å². The van der Waals surface area contributed by atoms with Crippen molar-refractivity contribution in [1.29, 1.82) is 0 Å². The Bertz CT molecular complexity index is 518. The topological polar surface area (TPSA) is 49.7 Å². The first-order valence-corrected chi connectivity index (χ1v) is 5.06. The minimum absolute atomic E-state index is 0. The second-order valence-corrected chi connectivity index (χ2v) is 3.84. The van der Waals surface area contributed by atoms with E-state index in [1.807, 2.05) is 0 Å². The Morgan fingerprint density at radius 3 is 1.30 bits per heavy atom. The summed E-state index contributed by atoms with van der Waals surface area (Å²) in [7, 11) is -3.10. The van der Waals surface area contributed by atoms with E-state index < -0.39 is 60.4 Å². The van der Waals surface area contributed by atoms with E-state index in [0.717, 1.165) is 0 Å². The van der Waals surface area contributed by atoms with Crippen LogP contribution in [0.3, 0.4) is 0 Å². The zero-order valence-corrected chi connectivity index (χ0v) is 9.94. The van der Waals surface area contributed by atoms with Crippen LogP contribution in [-0.4, -0.2) is 68.8 Å². The number of hydrogen-bond acceptors (Lipinski definition) is 3. The molecule has 0 atom stereocenters. The molecule has 1 aromatic rings. The van der Waals surface area contributed by atoms with Crippen LogP contribution in [0.25, 0.3) is 0 Å². The van der Waals surface area contributed by atoms with Crippen LogP contribution in [-0.2, 0) is 18.5 Å². The normalized spacial score (nSPS) is 12.7. The molecule has 0 unspecified atom stereocenters. The molecule has 0 amide bonds. The molecule has 0 aliphatic heterocycles. The summed E-state index contributed by atoms with van der Waals surface area (Å²) < 4.78 is 117. The molecule has 0 aliphatic carbocycles. The average molecular weight is 382 g/mol. The third kappa shape index (κ3) is 6.10. The fourth-order valence-corrected chi connectivity index (χ4v) is 1.45. The number of halogens is 9. The van der Waals surface area contributed by atoms with Gasteiger partial charge in [-0.3, -0.25) is 0 Å². The van der Waals surface area contributed by atoms with Gasteiger partial charge in [-0.05, 0) is 12.1 Å². The molecule has 126 valence electrons. The van der Waals surface area contributed by atoms with Crippen molar-refractivity contribution in [2.24, 2.45) is 0 Å². The Balaban J connectivity index is 0.00000484. The van der Waals surface area contributed by atoms with Gasteiger partial charge < -0.3 is 14.7 Å². The van der Waals surface area contributed by atoms with Crippen molar-refractivity contribution in [3.63, 3.8) is 0 Å². The maximum atomic E-state index is 12.7. The first-order chi connectivity index (χ1) is 9.64. The van der Waals surface area contributed by atoms with E-state index in [0.29, 0.717) is 0 Å². The molecule has 0 radical (unpaired) electrons.